The van der Waals surface area contributed by atoms with Crippen molar-refractivity contribution in [1.82, 2.24) is 30.2 Å². The predicted octanol–water partition coefficient (Wildman–Crippen LogP) is 2.91. The molecule has 2 aromatic rings. The Labute approximate surface area is 213 Å². The lowest BCUT2D eigenvalue weighted by atomic mass is 9.86. The molecule has 2 N–H and O–H groups in total. The van der Waals surface area contributed by atoms with E-state index in [0.29, 0.717) is 25.2 Å². The molecule has 1 aromatic carbocycles. The van der Waals surface area contributed by atoms with Crippen molar-refractivity contribution in [3.63, 3.8) is 0 Å². The van der Waals surface area contributed by atoms with E-state index in [1.807, 2.05) is 11.8 Å². The van der Waals surface area contributed by atoms with Gasteiger partial charge in [-0.1, -0.05) is 25.1 Å². The number of carbonyl (C=O) groups excluding carboxylic acids is 3. The number of nitrogens with one attached hydrogen (secondary N) is 2. The average Bonchev–Trinajstić information content (AvgIpc) is 3.57. The Hall–Kier alpha value is -3.57. The molecule has 12 heteroatoms. The molecule has 200 valence electrons. The van der Waals surface area contributed by atoms with Crippen molar-refractivity contribution in [3.8, 4) is 5.69 Å². The van der Waals surface area contributed by atoms with Gasteiger partial charge in [-0.2, -0.15) is 18.3 Å². The number of amides is 4. The van der Waals surface area contributed by atoms with Gasteiger partial charge in [-0.25, -0.2) is 9.48 Å². The van der Waals surface area contributed by atoms with Crippen LogP contribution in [0.15, 0.2) is 36.5 Å². The SMILES string of the molecule is CC1CN(C(=O)NCCNC(=O)c2cn(-c3ccccc3)nc2C(F)(F)F)CCC1C(=O)N1CCCC1. The number of carbonyl (C=O) groups is 3. The number of para-hydroxylation sites is 1. The Morgan fingerprint density at radius 3 is 2.32 bits per heavy atom. The molecule has 4 amide bonds. The van der Waals surface area contributed by atoms with Crippen LogP contribution in [-0.2, 0) is 11.0 Å². The molecular weight excluding hydrogens is 489 g/mol. The number of urea groups is 1. The fourth-order valence-electron chi connectivity index (χ4n) is 4.88. The number of hydrogen-bond acceptors (Lipinski definition) is 4. The van der Waals surface area contributed by atoms with E-state index >= 15 is 0 Å². The summed E-state index contributed by atoms with van der Waals surface area (Å²) in [4.78, 5) is 41.4. The Kier molecular flexibility index (Phi) is 8.03. The summed E-state index contributed by atoms with van der Waals surface area (Å²) in [6, 6.07) is 7.85. The summed E-state index contributed by atoms with van der Waals surface area (Å²) in [5.74, 6) is -0.837. The standard InChI is InChI=1S/C25H31F3N6O3/c1-17-15-33(14-9-19(17)23(36)32-12-5-6-13-32)24(37)30-11-10-29-22(35)20-16-34(18-7-3-2-4-8-18)31-21(20)25(26,27)28/h2-4,7-8,16-17,19H,5-6,9-15H2,1H3,(H,29,35)(H,30,37). The van der Waals surface area contributed by atoms with Crippen molar-refractivity contribution in [2.24, 2.45) is 11.8 Å². The average molecular weight is 521 g/mol. The van der Waals surface area contributed by atoms with Crippen LogP contribution >= 0.6 is 0 Å². The van der Waals surface area contributed by atoms with Crippen LogP contribution in [0.3, 0.4) is 0 Å². The first-order chi connectivity index (χ1) is 17.6. The quantitative estimate of drug-likeness (QED) is 0.573. The number of rotatable bonds is 6. The van der Waals surface area contributed by atoms with Gasteiger partial charge in [0.05, 0.1) is 11.3 Å². The van der Waals surface area contributed by atoms with E-state index < -0.39 is 23.3 Å². The molecule has 2 fully saturated rings. The molecule has 0 saturated carbocycles. The topological polar surface area (TPSA) is 99.6 Å². The second-order valence-corrected chi connectivity index (χ2v) is 9.51. The third-order valence-corrected chi connectivity index (χ3v) is 6.86. The lowest BCUT2D eigenvalue weighted by molar-refractivity contribution is -0.141. The summed E-state index contributed by atoms with van der Waals surface area (Å²) in [6.45, 7) is 4.44. The highest BCUT2D eigenvalue weighted by Gasteiger charge is 2.39. The maximum atomic E-state index is 13.5. The number of alkyl halides is 3. The van der Waals surface area contributed by atoms with Crippen molar-refractivity contribution < 1.29 is 27.6 Å². The fourth-order valence-corrected chi connectivity index (χ4v) is 4.88. The first-order valence-corrected chi connectivity index (χ1v) is 12.5. The molecule has 9 nitrogen and oxygen atoms in total. The van der Waals surface area contributed by atoms with Gasteiger partial charge in [-0.3, -0.25) is 9.59 Å². The van der Waals surface area contributed by atoms with E-state index in [9.17, 15) is 27.6 Å². The smallest absolute Gasteiger partial charge is 0.350 e. The van der Waals surface area contributed by atoms with E-state index in [1.54, 1.807) is 35.2 Å². The Morgan fingerprint density at radius 2 is 1.68 bits per heavy atom. The molecule has 0 aliphatic carbocycles. The molecule has 1 aromatic heterocycles. The Balaban J connectivity index is 1.27. The number of likely N-dealkylation sites (tertiary alicyclic amines) is 2. The molecule has 4 rings (SSSR count). The van der Waals surface area contributed by atoms with Crippen molar-refractivity contribution in [1.29, 1.82) is 0 Å². The van der Waals surface area contributed by atoms with E-state index in [0.717, 1.165) is 36.8 Å². The summed E-state index contributed by atoms with van der Waals surface area (Å²) in [5.41, 5.74) is -1.49. The molecule has 2 aliphatic heterocycles. The van der Waals surface area contributed by atoms with E-state index in [4.69, 9.17) is 0 Å². The van der Waals surface area contributed by atoms with Gasteiger partial charge in [0, 0.05) is 51.4 Å². The van der Waals surface area contributed by atoms with E-state index in [1.165, 1.54) is 0 Å². The number of nitrogens with zero attached hydrogens (tertiary/aromatic N) is 4. The van der Waals surface area contributed by atoms with Gasteiger partial charge in [0.25, 0.3) is 5.91 Å². The van der Waals surface area contributed by atoms with Crippen molar-refractivity contribution in [2.75, 3.05) is 39.3 Å². The normalized spacial score (nSPS) is 20.1. The van der Waals surface area contributed by atoms with Crippen LogP contribution in [-0.4, -0.2) is 76.7 Å². The molecule has 2 unspecified atom stereocenters. The maximum Gasteiger partial charge on any atom is 0.435 e. The lowest BCUT2D eigenvalue weighted by Gasteiger charge is -2.37. The lowest BCUT2D eigenvalue weighted by Crippen LogP contribution is -2.51. The van der Waals surface area contributed by atoms with E-state index in [-0.39, 0.29) is 36.9 Å². The Bertz CT molecular complexity index is 1110. The van der Waals surface area contributed by atoms with Crippen LogP contribution in [0, 0.1) is 11.8 Å². The van der Waals surface area contributed by atoms with Crippen LogP contribution < -0.4 is 10.6 Å². The molecule has 3 heterocycles. The summed E-state index contributed by atoms with van der Waals surface area (Å²) in [7, 11) is 0. The maximum absolute atomic E-state index is 13.5. The fraction of sp³-hybridized carbons (Fsp3) is 0.520. The van der Waals surface area contributed by atoms with Crippen LogP contribution in [0.4, 0.5) is 18.0 Å². The van der Waals surface area contributed by atoms with Crippen LogP contribution in [0.2, 0.25) is 0 Å². The van der Waals surface area contributed by atoms with Gasteiger partial charge in [0.1, 0.15) is 0 Å². The highest BCUT2D eigenvalue weighted by Crippen LogP contribution is 2.31. The first kappa shape index (κ1) is 26.5. The number of aromatic nitrogens is 2. The molecule has 0 spiro atoms. The molecule has 2 aliphatic rings. The number of benzene rings is 1. The summed E-state index contributed by atoms with van der Waals surface area (Å²) >= 11 is 0. The monoisotopic (exact) mass is 520 g/mol. The molecule has 0 bridgehead atoms. The van der Waals surface area contributed by atoms with Crippen LogP contribution in [0.25, 0.3) is 5.69 Å². The van der Waals surface area contributed by atoms with Gasteiger partial charge in [0.15, 0.2) is 5.69 Å². The minimum Gasteiger partial charge on any atom is -0.350 e. The van der Waals surface area contributed by atoms with Gasteiger partial charge in [-0.05, 0) is 37.3 Å². The highest BCUT2D eigenvalue weighted by molar-refractivity contribution is 5.95. The van der Waals surface area contributed by atoms with Crippen LogP contribution in [0.5, 0.6) is 0 Å². The highest BCUT2D eigenvalue weighted by atomic mass is 19.4. The van der Waals surface area contributed by atoms with E-state index in [2.05, 4.69) is 15.7 Å². The van der Waals surface area contributed by atoms with Crippen molar-refractivity contribution >= 4 is 17.8 Å². The van der Waals surface area contributed by atoms with Gasteiger partial charge >= 0.3 is 12.2 Å². The summed E-state index contributed by atoms with van der Waals surface area (Å²) in [5, 5.41) is 8.68. The number of piperidine rings is 1. The van der Waals surface area contributed by atoms with Gasteiger partial charge in [0.2, 0.25) is 5.91 Å². The molecule has 37 heavy (non-hydrogen) atoms. The summed E-state index contributed by atoms with van der Waals surface area (Å²) in [6.07, 6.45) is -1.11. The minimum absolute atomic E-state index is 0.0224. The number of halogens is 3. The largest absolute Gasteiger partial charge is 0.435 e. The number of hydrogen-bond donors (Lipinski definition) is 2. The zero-order valence-corrected chi connectivity index (χ0v) is 20.6. The molecule has 2 atom stereocenters. The zero-order chi connectivity index (χ0) is 26.6. The second kappa shape index (κ2) is 11.2. The zero-order valence-electron chi connectivity index (χ0n) is 20.6. The van der Waals surface area contributed by atoms with Crippen molar-refractivity contribution in [2.45, 2.75) is 32.4 Å². The van der Waals surface area contributed by atoms with Crippen LogP contribution in [0.1, 0.15) is 42.2 Å². The van der Waals surface area contributed by atoms with Gasteiger partial charge < -0.3 is 20.4 Å². The van der Waals surface area contributed by atoms with Crippen molar-refractivity contribution in [3.05, 3.63) is 47.8 Å². The molecular formula is C25H31F3N6O3. The second-order valence-electron chi connectivity index (χ2n) is 9.51. The third kappa shape index (κ3) is 6.23. The molecule has 0 radical (unpaired) electrons. The van der Waals surface area contributed by atoms with Gasteiger partial charge in [-0.15, -0.1) is 0 Å². The third-order valence-electron chi connectivity index (χ3n) is 6.86. The minimum atomic E-state index is -4.81. The Morgan fingerprint density at radius 1 is 1.00 bits per heavy atom. The predicted molar refractivity (Wildman–Crippen MR) is 129 cm³/mol. The molecule has 2 saturated heterocycles. The summed E-state index contributed by atoms with van der Waals surface area (Å²) < 4.78 is 41.5. The first-order valence-electron chi connectivity index (χ1n) is 12.5.